The second-order valence-electron chi connectivity index (χ2n) is 5.84. The summed E-state index contributed by atoms with van der Waals surface area (Å²) < 4.78 is 21.1. The Kier molecular flexibility index (Phi) is 5.79. The molecule has 6 nitrogen and oxygen atoms in total. The van der Waals surface area contributed by atoms with E-state index in [1.165, 1.54) is 14.2 Å². The summed E-state index contributed by atoms with van der Waals surface area (Å²) in [7, 11) is 3.05. The summed E-state index contributed by atoms with van der Waals surface area (Å²) in [5, 5.41) is 0. The fourth-order valence-corrected chi connectivity index (χ4v) is 2.87. The molecule has 3 rings (SSSR count). The molecule has 0 atom stereocenters. The zero-order chi connectivity index (χ0) is 20.1. The second kappa shape index (κ2) is 8.43. The molecule has 2 aromatic carbocycles. The molecule has 144 valence electrons. The molecule has 0 spiro atoms. The molecule has 3 aromatic rings. The van der Waals surface area contributed by atoms with Crippen molar-refractivity contribution in [2.75, 3.05) is 20.8 Å². The number of rotatable bonds is 6. The van der Waals surface area contributed by atoms with E-state index in [-0.39, 0.29) is 12.2 Å². The molecule has 0 saturated carbocycles. The quantitative estimate of drug-likeness (QED) is 0.598. The number of carbonyl (C=O) groups excluding carboxylic acids is 1. The number of hydrogen-bond donors (Lipinski definition) is 0. The van der Waals surface area contributed by atoms with E-state index in [9.17, 15) is 9.59 Å². The Morgan fingerprint density at radius 2 is 1.64 bits per heavy atom. The van der Waals surface area contributed by atoms with E-state index in [1.807, 2.05) is 30.3 Å². The van der Waals surface area contributed by atoms with Gasteiger partial charge in [0.25, 0.3) is 0 Å². The predicted octanol–water partition coefficient (Wildman–Crippen LogP) is 4.17. The highest BCUT2D eigenvalue weighted by Crippen LogP contribution is 2.34. The minimum absolute atomic E-state index is 0.143. The molecule has 0 fully saturated rings. The lowest BCUT2D eigenvalue weighted by molar-refractivity contribution is 0.0522. The lowest BCUT2D eigenvalue weighted by atomic mass is 9.99. The number of carbonyl (C=O) groups is 1. The molecule has 0 aliphatic rings. The maximum atomic E-state index is 12.7. The molecule has 0 unspecified atom stereocenters. The molecule has 1 aromatic heterocycles. The van der Waals surface area contributed by atoms with Crippen molar-refractivity contribution in [3.63, 3.8) is 0 Å². The molecule has 0 aliphatic carbocycles. The predicted molar refractivity (Wildman–Crippen MR) is 105 cm³/mol. The van der Waals surface area contributed by atoms with Gasteiger partial charge in [0.15, 0.2) is 17.1 Å². The molecule has 0 amide bonds. The van der Waals surface area contributed by atoms with Gasteiger partial charge in [0.2, 0.25) is 0 Å². The Balaban J connectivity index is 2.26. The van der Waals surface area contributed by atoms with Crippen LogP contribution in [0.15, 0.2) is 63.8 Å². The van der Waals surface area contributed by atoms with Crippen LogP contribution in [0.2, 0.25) is 0 Å². The maximum Gasteiger partial charge on any atom is 0.351 e. The largest absolute Gasteiger partial charge is 0.493 e. The summed E-state index contributed by atoms with van der Waals surface area (Å²) >= 11 is 0. The summed E-state index contributed by atoms with van der Waals surface area (Å²) in [5.74, 6) is 0.628. The van der Waals surface area contributed by atoms with Crippen molar-refractivity contribution in [2.24, 2.45) is 0 Å². The van der Waals surface area contributed by atoms with Crippen LogP contribution < -0.4 is 15.1 Å². The fraction of sp³-hybridized carbons (Fsp3) is 0.182. The van der Waals surface area contributed by atoms with Crippen molar-refractivity contribution in [3.05, 3.63) is 70.6 Å². The first-order valence-corrected chi connectivity index (χ1v) is 8.72. The van der Waals surface area contributed by atoms with Gasteiger partial charge in [-0.2, -0.15) is 0 Å². The van der Waals surface area contributed by atoms with E-state index in [1.54, 1.807) is 31.2 Å². The Bertz CT molecular complexity index is 1040. The molecule has 6 heteroatoms. The van der Waals surface area contributed by atoms with Gasteiger partial charge in [0, 0.05) is 11.1 Å². The van der Waals surface area contributed by atoms with Gasteiger partial charge >= 0.3 is 11.6 Å². The topological polar surface area (TPSA) is 75.0 Å². The third-order valence-corrected chi connectivity index (χ3v) is 4.18. The van der Waals surface area contributed by atoms with Crippen LogP contribution >= 0.6 is 0 Å². The first-order chi connectivity index (χ1) is 13.6. The summed E-state index contributed by atoms with van der Waals surface area (Å²) in [6.45, 7) is 1.82. The Hall–Kier alpha value is -3.54. The van der Waals surface area contributed by atoms with Gasteiger partial charge in [-0.3, -0.25) is 0 Å². The molecule has 0 saturated heterocycles. The van der Waals surface area contributed by atoms with Crippen molar-refractivity contribution in [1.29, 1.82) is 0 Å². The highest BCUT2D eigenvalue weighted by molar-refractivity contribution is 5.97. The highest BCUT2D eigenvalue weighted by Gasteiger charge is 2.23. The third kappa shape index (κ3) is 3.76. The standard InChI is InChI=1S/C22H20O6/c1-4-27-21(23)20-16(15-10-11-17(25-2)19(12-15)26-3)13-18(28-22(20)24)14-8-6-5-7-9-14/h5-13H,4H2,1-3H3. The molecule has 0 aliphatic heterocycles. The Labute approximate surface area is 162 Å². The number of hydrogen-bond acceptors (Lipinski definition) is 6. The van der Waals surface area contributed by atoms with Crippen molar-refractivity contribution >= 4 is 5.97 Å². The SMILES string of the molecule is CCOC(=O)c1c(-c2ccc(OC)c(OC)c2)cc(-c2ccccc2)oc1=O. The Morgan fingerprint density at radius 3 is 2.29 bits per heavy atom. The van der Waals surface area contributed by atoms with E-state index < -0.39 is 11.6 Å². The van der Waals surface area contributed by atoms with Crippen LogP contribution in [0.3, 0.4) is 0 Å². The molecule has 28 heavy (non-hydrogen) atoms. The molecule has 0 bridgehead atoms. The average molecular weight is 380 g/mol. The van der Waals surface area contributed by atoms with Crippen LogP contribution in [-0.4, -0.2) is 26.8 Å². The van der Waals surface area contributed by atoms with Crippen molar-refractivity contribution in [1.82, 2.24) is 0 Å². The lowest BCUT2D eigenvalue weighted by Gasteiger charge is -2.13. The van der Waals surface area contributed by atoms with Gasteiger partial charge in [-0.15, -0.1) is 0 Å². The fourth-order valence-electron chi connectivity index (χ4n) is 2.87. The zero-order valence-electron chi connectivity index (χ0n) is 15.9. The van der Waals surface area contributed by atoms with Gasteiger partial charge in [-0.1, -0.05) is 36.4 Å². The average Bonchev–Trinajstić information content (AvgIpc) is 2.73. The van der Waals surface area contributed by atoms with E-state index >= 15 is 0 Å². The summed E-state index contributed by atoms with van der Waals surface area (Å²) in [6, 6.07) is 16.0. The van der Waals surface area contributed by atoms with Gasteiger partial charge in [-0.25, -0.2) is 9.59 Å². The summed E-state index contributed by atoms with van der Waals surface area (Å²) in [6.07, 6.45) is 0. The van der Waals surface area contributed by atoms with Crippen LogP contribution in [0, 0.1) is 0 Å². The monoisotopic (exact) mass is 380 g/mol. The number of benzene rings is 2. The van der Waals surface area contributed by atoms with Crippen LogP contribution in [0.5, 0.6) is 11.5 Å². The van der Waals surface area contributed by atoms with Crippen LogP contribution in [-0.2, 0) is 4.74 Å². The van der Waals surface area contributed by atoms with E-state index in [0.717, 1.165) is 5.56 Å². The number of ether oxygens (including phenoxy) is 3. The zero-order valence-corrected chi connectivity index (χ0v) is 15.9. The van der Waals surface area contributed by atoms with Gasteiger partial charge in [0.05, 0.1) is 20.8 Å². The van der Waals surface area contributed by atoms with E-state index in [2.05, 4.69) is 0 Å². The molecule has 1 heterocycles. The first-order valence-electron chi connectivity index (χ1n) is 8.72. The first kappa shape index (κ1) is 19.2. The van der Waals surface area contributed by atoms with E-state index in [0.29, 0.717) is 28.4 Å². The second-order valence-corrected chi connectivity index (χ2v) is 5.84. The summed E-state index contributed by atoms with van der Waals surface area (Å²) in [4.78, 5) is 25.1. The lowest BCUT2D eigenvalue weighted by Crippen LogP contribution is -2.18. The molecule has 0 N–H and O–H groups in total. The molecular weight excluding hydrogens is 360 g/mol. The number of methoxy groups -OCH3 is 2. The normalized spacial score (nSPS) is 10.4. The van der Waals surface area contributed by atoms with Gasteiger partial charge in [0.1, 0.15) is 5.76 Å². The van der Waals surface area contributed by atoms with Crippen molar-refractivity contribution < 1.29 is 23.4 Å². The molecular formula is C22H20O6. The van der Waals surface area contributed by atoms with Crippen LogP contribution in [0.4, 0.5) is 0 Å². The van der Waals surface area contributed by atoms with E-state index in [4.69, 9.17) is 18.6 Å². The highest BCUT2D eigenvalue weighted by atomic mass is 16.5. The van der Waals surface area contributed by atoms with Crippen LogP contribution in [0.25, 0.3) is 22.5 Å². The minimum atomic E-state index is -0.760. The van der Waals surface area contributed by atoms with Crippen molar-refractivity contribution in [2.45, 2.75) is 6.92 Å². The van der Waals surface area contributed by atoms with Gasteiger partial charge < -0.3 is 18.6 Å². The smallest absolute Gasteiger partial charge is 0.351 e. The minimum Gasteiger partial charge on any atom is -0.493 e. The van der Waals surface area contributed by atoms with Crippen molar-refractivity contribution in [3.8, 4) is 33.9 Å². The molecule has 0 radical (unpaired) electrons. The summed E-state index contributed by atoms with van der Waals surface area (Å²) in [5.41, 5.74) is 0.801. The third-order valence-electron chi connectivity index (χ3n) is 4.18. The number of esters is 1. The van der Waals surface area contributed by atoms with Gasteiger partial charge in [-0.05, 0) is 30.7 Å². The van der Waals surface area contributed by atoms with Crippen LogP contribution in [0.1, 0.15) is 17.3 Å². The maximum absolute atomic E-state index is 12.7. The Morgan fingerprint density at radius 1 is 0.929 bits per heavy atom.